The van der Waals surface area contributed by atoms with Crippen LogP contribution in [0.25, 0.3) is 11.2 Å². The van der Waals surface area contributed by atoms with Crippen LogP contribution in [0.2, 0.25) is 5.02 Å². The van der Waals surface area contributed by atoms with Crippen LogP contribution in [-0.4, -0.2) is 62.7 Å². The summed E-state index contributed by atoms with van der Waals surface area (Å²) in [5.41, 5.74) is 2.21. The maximum atomic E-state index is 13.4. The number of aromatic amines is 1. The third-order valence-electron chi connectivity index (χ3n) is 6.52. The highest BCUT2D eigenvalue weighted by molar-refractivity contribution is 6.30. The molecule has 0 saturated carbocycles. The molecule has 4 heterocycles. The molecule has 1 aromatic carbocycles. The summed E-state index contributed by atoms with van der Waals surface area (Å²) < 4.78 is 0. The van der Waals surface area contributed by atoms with Gasteiger partial charge in [0.25, 0.3) is 5.91 Å². The molecule has 8 heteroatoms. The first kappa shape index (κ1) is 20.9. The number of benzene rings is 1. The Labute approximate surface area is 191 Å². The molecule has 0 spiro atoms. The fraction of sp³-hybridized carbons (Fsp3) is 0.417. The van der Waals surface area contributed by atoms with Crippen LogP contribution < -0.4 is 0 Å². The van der Waals surface area contributed by atoms with Crippen molar-refractivity contribution in [3.63, 3.8) is 0 Å². The first-order valence-electron chi connectivity index (χ1n) is 11.2. The van der Waals surface area contributed by atoms with Crippen molar-refractivity contribution in [3.05, 3.63) is 59.0 Å². The number of rotatable bonds is 3. The normalized spacial score (nSPS) is 21.7. The Morgan fingerprint density at radius 1 is 1.03 bits per heavy atom. The number of nitrogens with zero attached hydrogens (tertiary/aromatic N) is 4. The first-order chi connectivity index (χ1) is 15.6. The third-order valence-corrected chi connectivity index (χ3v) is 6.76. The lowest BCUT2D eigenvalue weighted by atomic mass is 9.92. The number of carbonyl (C=O) groups is 2. The second-order valence-electron chi connectivity index (χ2n) is 8.72. The van der Waals surface area contributed by atoms with Crippen molar-refractivity contribution in [2.45, 2.75) is 31.6 Å². The largest absolute Gasteiger partial charge is 0.342 e. The molecule has 2 fully saturated rings. The summed E-state index contributed by atoms with van der Waals surface area (Å²) >= 11 is 6.06. The Balaban J connectivity index is 1.26. The van der Waals surface area contributed by atoms with Crippen LogP contribution >= 0.6 is 11.6 Å². The highest BCUT2D eigenvalue weighted by atomic mass is 35.5. The second-order valence-corrected chi connectivity index (χ2v) is 9.16. The summed E-state index contributed by atoms with van der Waals surface area (Å²) in [6.07, 6.45) is 5.32. The van der Waals surface area contributed by atoms with Gasteiger partial charge < -0.3 is 14.8 Å². The molecular weight excluding hydrogens is 426 g/mol. The Bertz CT molecular complexity index is 1110. The van der Waals surface area contributed by atoms with Crippen molar-refractivity contribution < 1.29 is 9.59 Å². The van der Waals surface area contributed by atoms with Crippen molar-refractivity contribution in [2.75, 3.05) is 26.2 Å². The summed E-state index contributed by atoms with van der Waals surface area (Å²) in [4.78, 5) is 42.4. The molecule has 0 aliphatic carbocycles. The fourth-order valence-electron chi connectivity index (χ4n) is 4.88. The van der Waals surface area contributed by atoms with Crippen molar-refractivity contribution in [2.24, 2.45) is 5.92 Å². The van der Waals surface area contributed by atoms with Gasteiger partial charge in [0.05, 0.1) is 11.4 Å². The van der Waals surface area contributed by atoms with Gasteiger partial charge in [-0.2, -0.15) is 0 Å². The highest BCUT2D eigenvalue weighted by Crippen LogP contribution is 2.29. The summed E-state index contributed by atoms with van der Waals surface area (Å²) in [7, 11) is 0. The number of imidazole rings is 1. The Morgan fingerprint density at radius 2 is 1.88 bits per heavy atom. The van der Waals surface area contributed by atoms with Crippen LogP contribution in [0.1, 0.15) is 47.8 Å². The number of pyridine rings is 1. The van der Waals surface area contributed by atoms with Gasteiger partial charge in [0.2, 0.25) is 5.91 Å². The van der Waals surface area contributed by atoms with Gasteiger partial charge >= 0.3 is 0 Å². The third kappa shape index (κ3) is 4.21. The number of amides is 2. The van der Waals surface area contributed by atoms with E-state index >= 15 is 0 Å². The number of aromatic nitrogens is 3. The van der Waals surface area contributed by atoms with Crippen LogP contribution in [0.3, 0.4) is 0 Å². The zero-order valence-corrected chi connectivity index (χ0v) is 18.6. The topological polar surface area (TPSA) is 82.2 Å². The molecule has 2 atom stereocenters. The molecule has 2 unspecified atom stereocenters. The number of halogens is 1. The minimum absolute atomic E-state index is 0.0590. The lowest BCUT2D eigenvalue weighted by molar-refractivity contribution is -0.138. The van der Waals surface area contributed by atoms with Gasteiger partial charge in [0.1, 0.15) is 5.82 Å². The number of piperidine rings is 2. The van der Waals surface area contributed by atoms with E-state index in [4.69, 9.17) is 11.6 Å². The fourth-order valence-corrected chi connectivity index (χ4v) is 5.07. The molecule has 166 valence electrons. The quantitative estimate of drug-likeness (QED) is 0.655. The Morgan fingerprint density at radius 3 is 2.72 bits per heavy atom. The average molecular weight is 452 g/mol. The minimum atomic E-state index is -0.164. The van der Waals surface area contributed by atoms with Crippen LogP contribution in [0.15, 0.2) is 42.6 Å². The first-order valence-corrected chi connectivity index (χ1v) is 11.6. The van der Waals surface area contributed by atoms with Gasteiger partial charge in [-0.15, -0.1) is 0 Å². The number of likely N-dealkylation sites (tertiary alicyclic amines) is 2. The van der Waals surface area contributed by atoms with Crippen molar-refractivity contribution in [1.82, 2.24) is 24.8 Å². The van der Waals surface area contributed by atoms with E-state index in [-0.39, 0.29) is 23.7 Å². The molecule has 2 aromatic heterocycles. The zero-order chi connectivity index (χ0) is 22.1. The van der Waals surface area contributed by atoms with Crippen molar-refractivity contribution in [3.8, 4) is 0 Å². The molecule has 5 rings (SSSR count). The summed E-state index contributed by atoms with van der Waals surface area (Å²) in [6.45, 7) is 2.54. The molecule has 1 N–H and O–H groups in total. The van der Waals surface area contributed by atoms with Crippen LogP contribution in [0, 0.1) is 5.92 Å². The van der Waals surface area contributed by atoms with Gasteiger partial charge in [-0.05, 0) is 56.0 Å². The van der Waals surface area contributed by atoms with E-state index in [9.17, 15) is 9.59 Å². The van der Waals surface area contributed by atoms with E-state index in [0.29, 0.717) is 35.9 Å². The van der Waals surface area contributed by atoms with E-state index in [1.807, 2.05) is 17.0 Å². The smallest absolute Gasteiger partial charge is 0.253 e. The van der Waals surface area contributed by atoms with E-state index in [0.717, 1.165) is 43.6 Å². The molecular formula is C24H26ClN5O2. The maximum absolute atomic E-state index is 13.4. The van der Waals surface area contributed by atoms with E-state index < -0.39 is 0 Å². The van der Waals surface area contributed by atoms with E-state index in [2.05, 4.69) is 15.0 Å². The molecule has 3 aromatic rings. The van der Waals surface area contributed by atoms with Crippen LogP contribution in [0.4, 0.5) is 0 Å². The number of H-pyrrole nitrogens is 1. The highest BCUT2D eigenvalue weighted by Gasteiger charge is 2.34. The molecule has 2 amide bonds. The van der Waals surface area contributed by atoms with Crippen LogP contribution in [0.5, 0.6) is 0 Å². The lowest BCUT2D eigenvalue weighted by Gasteiger charge is -2.38. The van der Waals surface area contributed by atoms with Gasteiger partial charge in [-0.25, -0.2) is 9.97 Å². The molecule has 7 nitrogen and oxygen atoms in total. The predicted molar refractivity (Wildman–Crippen MR) is 123 cm³/mol. The summed E-state index contributed by atoms with van der Waals surface area (Å²) in [5.74, 6) is 0.999. The standard InChI is InChI=1S/C24H26ClN5O2/c25-19-8-1-5-16(13-19)23(31)30-12-4-7-18(15-30)24(32)29-11-3-6-17(14-29)21-27-20-9-2-10-26-22(20)28-21/h1-2,5,8-10,13,17-18H,3-4,6-7,11-12,14-15H2,(H,26,27,28). The number of hydrogen-bond donors (Lipinski definition) is 1. The lowest BCUT2D eigenvalue weighted by Crippen LogP contribution is -2.49. The van der Waals surface area contributed by atoms with E-state index in [1.54, 1.807) is 35.4 Å². The number of fused-ring (bicyclic) bond motifs is 1. The number of hydrogen-bond acceptors (Lipinski definition) is 4. The molecule has 2 saturated heterocycles. The number of carbonyl (C=O) groups excluding carboxylic acids is 2. The van der Waals surface area contributed by atoms with Gasteiger partial charge in [-0.3, -0.25) is 9.59 Å². The maximum Gasteiger partial charge on any atom is 0.253 e. The molecule has 32 heavy (non-hydrogen) atoms. The zero-order valence-electron chi connectivity index (χ0n) is 17.8. The molecule has 0 bridgehead atoms. The Hall–Kier alpha value is -2.93. The van der Waals surface area contributed by atoms with Gasteiger partial charge in [0.15, 0.2) is 5.65 Å². The molecule has 2 aliphatic heterocycles. The SMILES string of the molecule is O=C(c1cccc(Cl)c1)N1CCCC(C(=O)N2CCCC(c3nc4ncccc4[nH]3)C2)C1. The monoisotopic (exact) mass is 451 g/mol. The van der Waals surface area contributed by atoms with Gasteiger partial charge in [-0.1, -0.05) is 17.7 Å². The second kappa shape index (κ2) is 8.90. The summed E-state index contributed by atoms with van der Waals surface area (Å²) in [6, 6.07) is 10.9. The Kier molecular flexibility index (Phi) is 5.83. The van der Waals surface area contributed by atoms with E-state index in [1.165, 1.54) is 0 Å². The molecule has 0 radical (unpaired) electrons. The van der Waals surface area contributed by atoms with Crippen molar-refractivity contribution in [1.29, 1.82) is 0 Å². The van der Waals surface area contributed by atoms with Crippen LogP contribution in [-0.2, 0) is 4.79 Å². The molecule has 2 aliphatic rings. The average Bonchev–Trinajstić information content (AvgIpc) is 3.28. The van der Waals surface area contributed by atoms with Gasteiger partial charge in [0, 0.05) is 48.9 Å². The number of nitrogens with one attached hydrogen (secondary N) is 1. The predicted octanol–water partition coefficient (Wildman–Crippen LogP) is 3.87. The minimum Gasteiger partial charge on any atom is -0.342 e. The van der Waals surface area contributed by atoms with Crippen molar-refractivity contribution >= 4 is 34.6 Å². The summed E-state index contributed by atoms with van der Waals surface area (Å²) in [5, 5.41) is 0.542.